The average Bonchev–Trinajstić information content (AvgIpc) is 3.10. The van der Waals surface area contributed by atoms with E-state index in [0.29, 0.717) is 12.1 Å². The quantitative estimate of drug-likeness (QED) is 0.667. The maximum absolute atomic E-state index is 12.7. The molecule has 26 heavy (non-hydrogen) atoms. The molecule has 0 N–H and O–H groups in total. The van der Waals surface area contributed by atoms with Crippen LogP contribution in [0.1, 0.15) is 21.7 Å². The van der Waals surface area contributed by atoms with Crippen molar-refractivity contribution in [1.82, 2.24) is 4.90 Å². The van der Waals surface area contributed by atoms with Crippen molar-refractivity contribution in [2.24, 2.45) is 0 Å². The van der Waals surface area contributed by atoms with E-state index in [1.807, 2.05) is 30.3 Å². The van der Waals surface area contributed by atoms with Crippen molar-refractivity contribution in [3.05, 3.63) is 89.9 Å². The van der Waals surface area contributed by atoms with E-state index in [-0.39, 0.29) is 22.3 Å². The van der Waals surface area contributed by atoms with Gasteiger partial charge in [0.15, 0.2) is 15.6 Å². The standard InChI is InChI=1S/C20H19NO4S/c1-21(14-16-8-4-2-5-9-16)20(22)19-17(12-13-25-19)15-26(23,24)18-10-6-3-7-11-18/h2-13H,14-15H2,1H3. The molecule has 0 unspecified atom stereocenters. The molecule has 3 aromatic rings. The third-order valence-corrected chi connectivity index (χ3v) is 5.68. The van der Waals surface area contributed by atoms with Crippen LogP contribution in [0.25, 0.3) is 0 Å². The lowest BCUT2D eigenvalue weighted by Gasteiger charge is -2.16. The molecule has 2 aromatic carbocycles. The first-order valence-electron chi connectivity index (χ1n) is 8.11. The van der Waals surface area contributed by atoms with Gasteiger partial charge < -0.3 is 9.32 Å². The Hall–Kier alpha value is -2.86. The second-order valence-corrected chi connectivity index (χ2v) is 7.98. The molecular formula is C20H19NO4S. The van der Waals surface area contributed by atoms with Crippen LogP contribution in [-0.4, -0.2) is 26.3 Å². The Morgan fingerprint density at radius 3 is 2.23 bits per heavy atom. The molecule has 6 heteroatoms. The predicted molar refractivity (Wildman–Crippen MR) is 98.3 cm³/mol. The van der Waals surface area contributed by atoms with Crippen LogP contribution in [0.3, 0.4) is 0 Å². The summed E-state index contributed by atoms with van der Waals surface area (Å²) in [5.41, 5.74) is 1.34. The number of nitrogens with zero attached hydrogens (tertiary/aromatic N) is 1. The molecule has 0 saturated heterocycles. The number of sulfone groups is 1. The lowest BCUT2D eigenvalue weighted by atomic mass is 10.2. The van der Waals surface area contributed by atoms with Crippen LogP contribution in [-0.2, 0) is 22.1 Å². The molecule has 0 aliphatic heterocycles. The molecule has 0 atom stereocenters. The molecule has 0 aliphatic carbocycles. The fourth-order valence-corrected chi connectivity index (χ4v) is 4.03. The number of carbonyl (C=O) groups is 1. The zero-order valence-corrected chi connectivity index (χ0v) is 15.1. The summed E-state index contributed by atoms with van der Waals surface area (Å²) < 4.78 is 30.4. The van der Waals surface area contributed by atoms with E-state index < -0.39 is 9.84 Å². The Labute approximate surface area is 152 Å². The molecular weight excluding hydrogens is 350 g/mol. The Balaban J connectivity index is 1.79. The summed E-state index contributed by atoms with van der Waals surface area (Å²) in [6, 6.07) is 19.3. The zero-order valence-electron chi connectivity index (χ0n) is 14.3. The van der Waals surface area contributed by atoms with Crippen LogP contribution in [0.5, 0.6) is 0 Å². The highest BCUT2D eigenvalue weighted by molar-refractivity contribution is 7.90. The van der Waals surface area contributed by atoms with Gasteiger partial charge in [0.2, 0.25) is 0 Å². The van der Waals surface area contributed by atoms with Gasteiger partial charge in [0.1, 0.15) is 0 Å². The van der Waals surface area contributed by atoms with E-state index in [0.717, 1.165) is 5.56 Å². The number of furan rings is 1. The largest absolute Gasteiger partial charge is 0.459 e. The summed E-state index contributed by atoms with van der Waals surface area (Å²) in [6.45, 7) is 0.408. The van der Waals surface area contributed by atoms with Gasteiger partial charge >= 0.3 is 0 Å². The average molecular weight is 369 g/mol. The Bertz CT molecular complexity index is 979. The Morgan fingerprint density at radius 1 is 0.962 bits per heavy atom. The normalized spacial score (nSPS) is 11.3. The van der Waals surface area contributed by atoms with Gasteiger partial charge in [-0.3, -0.25) is 4.79 Å². The number of carbonyl (C=O) groups excluding carboxylic acids is 1. The van der Waals surface area contributed by atoms with Crippen LogP contribution >= 0.6 is 0 Å². The minimum atomic E-state index is -3.55. The third kappa shape index (κ3) is 4.03. The molecule has 0 fully saturated rings. The first-order chi connectivity index (χ1) is 12.5. The van der Waals surface area contributed by atoms with E-state index in [2.05, 4.69) is 0 Å². The van der Waals surface area contributed by atoms with Crippen molar-refractivity contribution < 1.29 is 17.6 Å². The van der Waals surface area contributed by atoms with E-state index in [9.17, 15) is 13.2 Å². The summed E-state index contributed by atoms with van der Waals surface area (Å²) in [5, 5.41) is 0. The van der Waals surface area contributed by atoms with Gasteiger partial charge in [-0.15, -0.1) is 0 Å². The fourth-order valence-electron chi connectivity index (χ4n) is 2.66. The second-order valence-electron chi connectivity index (χ2n) is 5.99. The molecule has 0 aliphatic rings. The van der Waals surface area contributed by atoms with Gasteiger partial charge in [-0.2, -0.15) is 0 Å². The molecule has 1 heterocycles. The molecule has 0 bridgehead atoms. The molecule has 1 amide bonds. The van der Waals surface area contributed by atoms with Gasteiger partial charge in [-0.05, 0) is 23.8 Å². The maximum atomic E-state index is 12.7. The minimum Gasteiger partial charge on any atom is -0.459 e. The van der Waals surface area contributed by atoms with Crippen LogP contribution in [0.2, 0.25) is 0 Å². The third-order valence-electron chi connectivity index (χ3n) is 4.00. The minimum absolute atomic E-state index is 0.0583. The lowest BCUT2D eigenvalue weighted by Crippen LogP contribution is -2.27. The highest BCUT2D eigenvalue weighted by atomic mass is 32.2. The van der Waals surface area contributed by atoms with Gasteiger partial charge in [-0.25, -0.2) is 8.42 Å². The van der Waals surface area contributed by atoms with Crippen LogP contribution in [0.4, 0.5) is 0 Å². The maximum Gasteiger partial charge on any atom is 0.289 e. The van der Waals surface area contributed by atoms with Crippen LogP contribution < -0.4 is 0 Å². The van der Waals surface area contributed by atoms with Crippen LogP contribution in [0, 0.1) is 0 Å². The smallest absolute Gasteiger partial charge is 0.289 e. The SMILES string of the molecule is CN(Cc1ccccc1)C(=O)c1occc1CS(=O)(=O)c1ccccc1. The summed E-state index contributed by atoms with van der Waals surface area (Å²) in [7, 11) is -1.89. The highest BCUT2D eigenvalue weighted by Gasteiger charge is 2.24. The van der Waals surface area contributed by atoms with Crippen LogP contribution in [0.15, 0.2) is 82.3 Å². The first kappa shape index (κ1) is 17.9. The molecule has 1 aromatic heterocycles. The molecule has 0 radical (unpaired) electrons. The monoisotopic (exact) mass is 369 g/mol. The number of benzene rings is 2. The summed E-state index contributed by atoms with van der Waals surface area (Å²) in [4.78, 5) is 14.4. The molecule has 0 saturated carbocycles. The Kier molecular flexibility index (Phi) is 5.23. The lowest BCUT2D eigenvalue weighted by molar-refractivity contribution is 0.0752. The number of rotatable bonds is 6. The van der Waals surface area contributed by atoms with Gasteiger partial charge in [0.05, 0.1) is 16.9 Å². The van der Waals surface area contributed by atoms with E-state index in [1.165, 1.54) is 17.2 Å². The van der Waals surface area contributed by atoms with E-state index >= 15 is 0 Å². The predicted octanol–water partition coefficient (Wildman–Crippen LogP) is 3.53. The number of amides is 1. The summed E-state index contributed by atoms with van der Waals surface area (Å²) in [5.74, 6) is -0.576. The molecule has 0 spiro atoms. The van der Waals surface area contributed by atoms with Crippen molar-refractivity contribution >= 4 is 15.7 Å². The van der Waals surface area contributed by atoms with E-state index in [1.54, 1.807) is 37.4 Å². The van der Waals surface area contributed by atoms with E-state index in [4.69, 9.17) is 4.42 Å². The molecule has 134 valence electrons. The van der Waals surface area contributed by atoms with Crippen molar-refractivity contribution in [1.29, 1.82) is 0 Å². The molecule has 3 rings (SSSR count). The fraction of sp³-hybridized carbons (Fsp3) is 0.150. The number of hydrogen-bond donors (Lipinski definition) is 0. The topological polar surface area (TPSA) is 67.6 Å². The number of hydrogen-bond acceptors (Lipinski definition) is 4. The van der Waals surface area contributed by atoms with Crippen molar-refractivity contribution in [2.45, 2.75) is 17.2 Å². The second kappa shape index (κ2) is 7.58. The summed E-state index contributed by atoms with van der Waals surface area (Å²) >= 11 is 0. The summed E-state index contributed by atoms with van der Waals surface area (Å²) in [6.07, 6.45) is 1.35. The molecule has 5 nitrogen and oxygen atoms in total. The highest BCUT2D eigenvalue weighted by Crippen LogP contribution is 2.21. The van der Waals surface area contributed by atoms with Gasteiger partial charge in [-0.1, -0.05) is 48.5 Å². The first-order valence-corrected chi connectivity index (χ1v) is 9.76. The van der Waals surface area contributed by atoms with Crippen molar-refractivity contribution in [3.8, 4) is 0 Å². The zero-order chi connectivity index (χ0) is 18.6. The van der Waals surface area contributed by atoms with Crippen molar-refractivity contribution in [3.63, 3.8) is 0 Å². The van der Waals surface area contributed by atoms with Gasteiger partial charge in [0.25, 0.3) is 5.91 Å². The van der Waals surface area contributed by atoms with Crippen molar-refractivity contribution in [2.75, 3.05) is 7.05 Å². The van der Waals surface area contributed by atoms with Gasteiger partial charge in [0, 0.05) is 19.2 Å². The Morgan fingerprint density at radius 2 is 1.58 bits per heavy atom.